The summed E-state index contributed by atoms with van der Waals surface area (Å²) >= 11 is 3.44. The first-order valence-electron chi connectivity index (χ1n) is 8.49. The van der Waals surface area contributed by atoms with Gasteiger partial charge in [-0.2, -0.15) is 0 Å². The van der Waals surface area contributed by atoms with E-state index < -0.39 is 11.6 Å². The summed E-state index contributed by atoms with van der Waals surface area (Å²) in [5.74, 6) is -1.09. The van der Waals surface area contributed by atoms with Crippen LogP contribution in [0.5, 0.6) is 0 Å². The third-order valence-corrected chi connectivity index (χ3v) is 5.22. The Morgan fingerprint density at radius 3 is 2.00 bits per heavy atom. The minimum Gasteiger partial charge on any atom is -0.281 e. The molecule has 1 aliphatic rings. The van der Waals surface area contributed by atoms with Crippen LogP contribution in [-0.4, -0.2) is 5.71 Å². The van der Waals surface area contributed by atoms with Gasteiger partial charge in [0.1, 0.15) is 11.6 Å². The van der Waals surface area contributed by atoms with Gasteiger partial charge in [-0.05, 0) is 53.8 Å². The quantitative estimate of drug-likeness (QED) is 0.453. The SMILES string of the molecule is Fc1cccc(F)c1C1=NC(c2ccc(-c3ccc(Br)cc3)cc2)CC1. The molecule has 0 aromatic heterocycles. The highest BCUT2D eigenvalue weighted by Gasteiger charge is 2.24. The highest BCUT2D eigenvalue weighted by Crippen LogP contribution is 2.33. The normalized spacial score (nSPS) is 16.6. The number of aliphatic imine (C=N–C) groups is 1. The highest BCUT2D eigenvalue weighted by molar-refractivity contribution is 9.10. The monoisotopic (exact) mass is 411 g/mol. The number of nitrogens with zero attached hydrogens (tertiary/aromatic N) is 1. The Bertz CT molecular complexity index is 942. The van der Waals surface area contributed by atoms with Crippen molar-refractivity contribution in [3.63, 3.8) is 0 Å². The van der Waals surface area contributed by atoms with E-state index in [4.69, 9.17) is 0 Å². The van der Waals surface area contributed by atoms with Crippen LogP contribution in [0.3, 0.4) is 0 Å². The van der Waals surface area contributed by atoms with E-state index in [1.165, 1.54) is 18.2 Å². The van der Waals surface area contributed by atoms with Crippen molar-refractivity contribution in [1.29, 1.82) is 0 Å². The molecule has 3 aromatic rings. The van der Waals surface area contributed by atoms with Gasteiger partial charge in [0.15, 0.2) is 0 Å². The van der Waals surface area contributed by atoms with Gasteiger partial charge in [0.2, 0.25) is 0 Å². The van der Waals surface area contributed by atoms with Gasteiger partial charge in [0.05, 0.1) is 11.6 Å². The topological polar surface area (TPSA) is 12.4 Å². The fourth-order valence-electron chi connectivity index (χ4n) is 3.33. The molecule has 1 nitrogen and oxygen atoms in total. The summed E-state index contributed by atoms with van der Waals surface area (Å²) in [7, 11) is 0. The van der Waals surface area contributed by atoms with Crippen LogP contribution in [0, 0.1) is 11.6 Å². The number of rotatable bonds is 3. The van der Waals surface area contributed by atoms with Gasteiger partial charge in [-0.15, -0.1) is 0 Å². The van der Waals surface area contributed by atoms with Gasteiger partial charge in [-0.25, -0.2) is 8.78 Å². The molecule has 1 aliphatic heterocycles. The van der Waals surface area contributed by atoms with Crippen LogP contribution in [0.25, 0.3) is 11.1 Å². The first-order valence-corrected chi connectivity index (χ1v) is 9.28. The fraction of sp³-hybridized carbons (Fsp3) is 0.136. The summed E-state index contributed by atoms with van der Waals surface area (Å²) in [4.78, 5) is 4.59. The molecule has 0 N–H and O–H groups in total. The lowest BCUT2D eigenvalue weighted by Gasteiger charge is -2.09. The Balaban J connectivity index is 1.59. The zero-order valence-corrected chi connectivity index (χ0v) is 15.5. The Morgan fingerprint density at radius 2 is 1.38 bits per heavy atom. The average molecular weight is 412 g/mol. The maximum atomic E-state index is 14.0. The van der Waals surface area contributed by atoms with E-state index in [1.807, 2.05) is 24.3 Å². The number of halogens is 3. The van der Waals surface area contributed by atoms with E-state index >= 15 is 0 Å². The summed E-state index contributed by atoms with van der Waals surface area (Å²) in [5.41, 5.74) is 3.87. The summed E-state index contributed by atoms with van der Waals surface area (Å²) in [6.45, 7) is 0. The van der Waals surface area contributed by atoms with Gasteiger partial charge in [-0.1, -0.05) is 58.4 Å². The molecule has 0 radical (unpaired) electrons. The van der Waals surface area contributed by atoms with Gasteiger partial charge in [-0.3, -0.25) is 4.99 Å². The van der Waals surface area contributed by atoms with Crippen LogP contribution in [0.15, 0.2) is 76.2 Å². The Morgan fingerprint density at radius 1 is 0.808 bits per heavy atom. The number of hydrogen-bond acceptors (Lipinski definition) is 1. The standard InChI is InChI=1S/C22H16BrF2N/c23-17-10-8-15(9-11-17)14-4-6-16(7-5-14)20-12-13-21(26-20)22-18(24)2-1-3-19(22)25/h1-11,20H,12-13H2. The second kappa shape index (κ2) is 7.12. The molecule has 0 aliphatic carbocycles. The van der Waals surface area contributed by atoms with Crippen LogP contribution in [0.1, 0.15) is 30.0 Å². The summed E-state index contributed by atoms with van der Waals surface area (Å²) < 4.78 is 29.0. The van der Waals surface area contributed by atoms with Crippen molar-refractivity contribution in [2.75, 3.05) is 0 Å². The molecule has 4 rings (SSSR count). The highest BCUT2D eigenvalue weighted by atomic mass is 79.9. The van der Waals surface area contributed by atoms with Crippen molar-refractivity contribution in [3.05, 3.63) is 94.0 Å². The third-order valence-electron chi connectivity index (χ3n) is 4.69. The minimum atomic E-state index is -0.546. The van der Waals surface area contributed by atoms with Crippen LogP contribution in [0.2, 0.25) is 0 Å². The molecular weight excluding hydrogens is 396 g/mol. The van der Waals surface area contributed by atoms with Gasteiger partial charge < -0.3 is 0 Å². The van der Waals surface area contributed by atoms with Crippen LogP contribution in [0.4, 0.5) is 8.78 Å². The van der Waals surface area contributed by atoms with Gasteiger partial charge in [0, 0.05) is 10.2 Å². The molecule has 0 fully saturated rings. The summed E-state index contributed by atoms with van der Waals surface area (Å²) in [6.07, 6.45) is 1.34. The average Bonchev–Trinajstić information content (AvgIpc) is 3.12. The maximum absolute atomic E-state index is 14.0. The third kappa shape index (κ3) is 3.34. The molecule has 0 spiro atoms. The first kappa shape index (κ1) is 17.1. The van der Waals surface area contributed by atoms with Crippen molar-refractivity contribution in [1.82, 2.24) is 0 Å². The fourth-order valence-corrected chi connectivity index (χ4v) is 3.60. The van der Waals surface area contributed by atoms with Crippen LogP contribution < -0.4 is 0 Å². The molecule has 1 unspecified atom stereocenters. The second-order valence-corrected chi connectivity index (χ2v) is 7.27. The van der Waals surface area contributed by atoms with E-state index in [9.17, 15) is 8.78 Å². The molecule has 1 atom stereocenters. The predicted molar refractivity (Wildman–Crippen MR) is 104 cm³/mol. The maximum Gasteiger partial charge on any atom is 0.135 e. The summed E-state index contributed by atoms with van der Waals surface area (Å²) in [6, 6.07) is 20.3. The molecule has 0 saturated carbocycles. The lowest BCUT2D eigenvalue weighted by Crippen LogP contribution is -2.03. The molecule has 0 saturated heterocycles. The van der Waals surface area contributed by atoms with Crippen LogP contribution in [-0.2, 0) is 0 Å². The van der Waals surface area contributed by atoms with Gasteiger partial charge >= 0.3 is 0 Å². The van der Waals surface area contributed by atoms with Crippen molar-refractivity contribution in [2.45, 2.75) is 18.9 Å². The van der Waals surface area contributed by atoms with E-state index in [-0.39, 0.29) is 11.6 Å². The molecule has 4 heteroatoms. The molecule has 3 aromatic carbocycles. The molecule has 26 heavy (non-hydrogen) atoms. The molecule has 1 heterocycles. The van der Waals surface area contributed by atoms with Crippen molar-refractivity contribution < 1.29 is 8.78 Å². The van der Waals surface area contributed by atoms with E-state index in [2.05, 4.69) is 45.2 Å². The molecule has 0 amide bonds. The van der Waals surface area contributed by atoms with Crippen molar-refractivity contribution >= 4 is 21.6 Å². The van der Waals surface area contributed by atoms with Crippen LogP contribution >= 0.6 is 15.9 Å². The Hall–Kier alpha value is -2.33. The number of hydrogen-bond donors (Lipinski definition) is 0. The van der Waals surface area contributed by atoms with E-state index in [0.29, 0.717) is 12.1 Å². The van der Waals surface area contributed by atoms with Crippen molar-refractivity contribution in [3.8, 4) is 11.1 Å². The lowest BCUT2D eigenvalue weighted by atomic mass is 9.99. The van der Waals surface area contributed by atoms with E-state index in [1.54, 1.807) is 0 Å². The molecular formula is C22H16BrF2N. The van der Waals surface area contributed by atoms with Gasteiger partial charge in [0.25, 0.3) is 0 Å². The smallest absolute Gasteiger partial charge is 0.135 e. The minimum absolute atomic E-state index is 0.0153. The van der Waals surface area contributed by atoms with E-state index in [0.717, 1.165) is 27.6 Å². The largest absolute Gasteiger partial charge is 0.281 e. The van der Waals surface area contributed by atoms with Crippen molar-refractivity contribution in [2.24, 2.45) is 4.99 Å². The zero-order chi connectivity index (χ0) is 18.1. The second-order valence-electron chi connectivity index (χ2n) is 6.36. The Kier molecular flexibility index (Phi) is 4.68. The predicted octanol–water partition coefficient (Wildman–Crippen LogP) is 6.72. The number of benzene rings is 3. The zero-order valence-electron chi connectivity index (χ0n) is 13.9. The first-order chi connectivity index (χ1) is 12.6. The lowest BCUT2D eigenvalue weighted by molar-refractivity contribution is 0.578. The summed E-state index contributed by atoms with van der Waals surface area (Å²) in [5, 5.41) is 0. The Labute approximate surface area is 159 Å². The molecule has 130 valence electrons. The molecule has 0 bridgehead atoms.